The molecule has 0 spiro atoms. The van der Waals surface area contributed by atoms with Crippen LogP contribution in [0.3, 0.4) is 0 Å². The van der Waals surface area contributed by atoms with E-state index >= 15 is 0 Å². The van der Waals surface area contributed by atoms with Gasteiger partial charge in [0.15, 0.2) is 0 Å². The van der Waals surface area contributed by atoms with Crippen molar-refractivity contribution in [3.05, 3.63) is 99.5 Å². The Labute approximate surface area is 265 Å². The molecule has 1 fully saturated rings. The van der Waals surface area contributed by atoms with E-state index in [1.54, 1.807) is 36.1 Å². The summed E-state index contributed by atoms with van der Waals surface area (Å²) in [5.41, 5.74) is 2.79. The Morgan fingerprint density at radius 1 is 0.930 bits per heavy atom. The van der Waals surface area contributed by atoms with Crippen LogP contribution < -0.4 is 9.62 Å². The molecule has 4 rings (SSSR count). The van der Waals surface area contributed by atoms with Crippen LogP contribution in [0.4, 0.5) is 5.69 Å². The SMILES string of the molecule is Cc1c(Cl)cccc1N(CCCC(=O)N(Cc1ccccc1Cl)[C@@H](Cc1ccccc1)C(=O)NC1CCCC1)S(C)(=O)=O. The first-order chi connectivity index (χ1) is 20.5. The molecule has 0 bridgehead atoms. The zero-order chi connectivity index (χ0) is 31.0. The molecule has 2 amide bonds. The van der Waals surface area contributed by atoms with Gasteiger partial charge in [0.2, 0.25) is 21.8 Å². The summed E-state index contributed by atoms with van der Waals surface area (Å²) in [6.07, 6.45) is 5.75. The van der Waals surface area contributed by atoms with Crippen molar-refractivity contribution in [3.63, 3.8) is 0 Å². The molecule has 3 aromatic carbocycles. The van der Waals surface area contributed by atoms with Crippen molar-refractivity contribution in [1.82, 2.24) is 10.2 Å². The van der Waals surface area contributed by atoms with Crippen molar-refractivity contribution >= 4 is 50.7 Å². The van der Waals surface area contributed by atoms with Crippen LogP contribution in [0.1, 0.15) is 55.2 Å². The quantitative estimate of drug-likeness (QED) is 0.229. The summed E-state index contributed by atoms with van der Waals surface area (Å²) in [4.78, 5) is 29.5. The number of benzene rings is 3. The number of sulfonamides is 1. The van der Waals surface area contributed by atoms with Crippen LogP contribution in [0.15, 0.2) is 72.8 Å². The van der Waals surface area contributed by atoms with Gasteiger partial charge < -0.3 is 10.2 Å². The third-order valence-corrected chi connectivity index (χ3v) is 9.89. The van der Waals surface area contributed by atoms with Crippen molar-refractivity contribution in [2.45, 2.75) is 70.5 Å². The van der Waals surface area contributed by atoms with Gasteiger partial charge in [0.05, 0.1) is 11.9 Å². The fourth-order valence-corrected chi connectivity index (χ4v) is 6.96. The average Bonchev–Trinajstić information content (AvgIpc) is 3.48. The average molecular weight is 645 g/mol. The number of carbonyl (C=O) groups is 2. The third-order valence-electron chi connectivity index (χ3n) is 7.93. The molecule has 0 aliphatic heterocycles. The first kappa shape index (κ1) is 32.8. The number of anilines is 1. The Kier molecular flexibility index (Phi) is 11.5. The van der Waals surface area contributed by atoms with Crippen molar-refractivity contribution in [2.24, 2.45) is 0 Å². The minimum atomic E-state index is -3.65. The lowest BCUT2D eigenvalue weighted by atomic mass is 10.0. The van der Waals surface area contributed by atoms with Gasteiger partial charge in [-0.3, -0.25) is 13.9 Å². The lowest BCUT2D eigenvalue weighted by molar-refractivity contribution is -0.141. The number of nitrogens with one attached hydrogen (secondary N) is 1. The van der Waals surface area contributed by atoms with Gasteiger partial charge in [-0.2, -0.15) is 0 Å². The number of carbonyl (C=O) groups excluding carboxylic acids is 2. The van der Waals surface area contributed by atoms with E-state index in [1.165, 1.54) is 4.31 Å². The molecule has 1 N–H and O–H groups in total. The topological polar surface area (TPSA) is 86.8 Å². The Hall–Kier alpha value is -3.07. The number of nitrogens with zero attached hydrogens (tertiary/aromatic N) is 2. The molecule has 230 valence electrons. The maximum atomic E-state index is 14.0. The molecule has 1 atom stereocenters. The molecule has 1 saturated carbocycles. The van der Waals surface area contributed by atoms with Crippen molar-refractivity contribution in [2.75, 3.05) is 17.1 Å². The molecule has 0 aromatic heterocycles. The summed E-state index contributed by atoms with van der Waals surface area (Å²) in [7, 11) is -3.65. The Morgan fingerprint density at radius 2 is 1.58 bits per heavy atom. The number of rotatable bonds is 13. The second kappa shape index (κ2) is 15.1. The van der Waals surface area contributed by atoms with E-state index in [9.17, 15) is 18.0 Å². The molecule has 0 radical (unpaired) electrons. The van der Waals surface area contributed by atoms with Gasteiger partial charge in [0, 0.05) is 42.0 Å². The van der Waals surface area contributed by atoms with Gasteiger partial charge in [0.25, 0.3) is 0 Å². The molecule has 7 nitrogen and oxygen atoms in total. The minimum absolute atomic E-state index is 0.0398. The smallest absolute Gasteiger partial charge is 0.243 e. The zero-order valence-electron chi connectivity index (χ0n) is 24.6. The monoisotopic (exact) mass is 643 g/mol. The predicted molar refractivity (Wildman–Crippen MR) is 174 cm³/mol. The van der Waals surface area contributed by atoms with Gasteiger partial charge in [-0.1, -0.05) is 90.6 Å². The van der Waals surface area contributed by atoms with Crippen molar-refractivity contribution in [1.29, 1.82) is 0 Å². The second-order valence-electron chi connectivity index (χ2n) is 11.1. The molecule has 0 unspecified atom stereocenters. The first-order valence-electron chi connectivity index (χ1n) is 14.6. The van der Waals surface area contributed by atoms with E-state index in [4.69, 9.17) is 23.2 Å². The van der Waals surface area contributed by atoms with Gasteiger partial charge in [0.1, 0.15) is 6.04 Å². The van der Waals surface area contributed by atoms with Gasteiger partial charge in [-0.15, -0.1) is 0 Å². The summed E-state index contributed by atoms with van der Waals surface area (Å²) in [5.74, 6) is -0.442. The van der Waals surface area contributed by atoms with Gasteiger partial charge in [-0.25, -0.2) is 8.42 Å². The summed E-state index contributed by atoms with van der Waals surface area (Å²) in [5, 5.41) is 4.17. The van der Waals surface area contributed by atoms with Crippen LogP contribution in [0.25, 0.3) is 0 Å². The highest BCUT2D eigenvalue weighted by Crippen LogP contribution is 2.29. The van der Waals surface area contributed by atoms with Crippen LogP contribution >= 0.6 is 23.2 Å². The summed E-state index contributed by atoms with van der Waals surface area (Å²) in [6, 6.07) is 21.4. The maximum absolute atomic E-state index is 14.0. The van der Waals surface area contributed by atoms with Gasteiger partial charge >= 0.3 is 0 Å². The minimum Gasteiger partial charge on any atom is -0.352 e. The van der Waals surface area contributed by atoms with Crippen LogP contribution in [0.5, 0.6) is 0 Å². The molecular weight excluding hydrogens is 605 g/mol. The molecule has 0 heterocycles. The standard InChI is InChI=1S/C33H39Cl2N3O4S/c1-24-28(34)18-10-19-30(24)38(43(2,41)42)21-11-20-32(39)37(23-26-14-6-9-17-29(26)35)31(22-25-12-4-3-5-13-25)33(40)36-27-15-7-8-16-27/h3-6,9-10,12-14,17-19,27,31H,7-8,11,15-16,20-23H2,1-2H3,(H,36,40)/t31-/m0/s1. The molecule has 10 heteroatoms. The zero-order valence-corrected chi connectivity index (χ0v) is 27.0. The van der Waals surface area contributed by atoms with E-state index in [0.29, 0.717) is 27.7 Å². The summed E-state index contributed by atoms with van der Waals surface area (Å²) < 4.78 is 26.8. The van der Waals surface area contributed by atoms with Crippen LogP contribution in [0, 0.1) is 6.92 Å². The number of amides is 2. The van der Waals surface area contributed by atoms with Crippen LogP contribution in [-0.4, -0.2) is 50.0 Å². The fraction of sp³-hybridized carbons (Fsp3) is 0.394. The molecule has 3 aromatic rings. The summed E-state index contributed by atoms with van der Waals surface area (Å²) in [6.45, 7) is 2.00. The Morgan fingerprint density at radius 3 is 2.26 bits per heavy atom. The van der Waals surface area contributed by atoms with Crippen molar-refractivity contribution < 1.29 is 18.0 Å². The molecule has 0 saturated heterocycles. The van der Waals surface area contributed by atoms with Crippen LogP contribution in [0.2, 0.25) is 10.0 Å². The predicted octanol–water partition coefficient (Wildman–Crippen LogP) is 6.55. The van der Waals surface area contributed by atoms with E-state index in [1.807, 2.05) is 48.5 Å². The Bertz CT molecular complexity index is 1510. The largest absolute Gasteiger partial charge is 0.352 e. The molecule has 43 heavy (non-hydrogen) atoms. The normalized spacial score (nSPS) is 14.3. The summed E-state index contributed by atoms with van der Waals surface area (Å²) >= 11 is 12.8. The lowest BCUT2D eigenvalue weighted by Gasteiger charge is -2.33. The highest BCUT2D eigenvalue weighted by molar-refractivity contribution is 7.92. The molecular formula is C33H39Cl2N3O4S. The fourth-order valence-electron chi connectivity index (χ4n) is 5.58. The Balaban J connectivity index is 1.61. The number of hydrogen-bond acceptors (Lipinski definition) is 4. The van der Waals surface area contributed by atoms with Crippen LogP contribution in [-0.2, 0) is 32.6 Å². The number of hydrogen-bond donors (Lipinski definition) is 1. The number of halogens is 2. The lowest BCUT2D eigenvalue weighted by Crippen LogP contribution is -2.52. The van der Waals surface area contributed by atoms with E-state index in [2.05, 4.69) is 5.32 Å². The van der Waals surface area contributed by atoms with E-state index < -0.39 is 16.1 Å². The third kappa shape index (κ3) is 8.97. The van der Waals surface area contributed by atoms with Gasteiger partial charge in [-0.05, 0) is 61.1 Å². The van der Waals surface area contributed by atoms with E-state index in [0.717, 1.165) is 43.1 Å². The highest BCUT2D eigenvalue weighted by Gasteiger charge is 2.32. The maximum Gasteiger partial charge on any atom is 0.243 e. The first-order valence-corrected chi connectivity index (χ1v) is 17.2. The molecule has 1 aliphatic rings. The highest BCUT2D eigenvalue weighted by atomic mass is 35.5. The molecule has 1 aliphatic carbocycles. The van der Waals surface area contributed by atoms with E-state index in [-0.39, 0.29) is 43.8 Å². The van der Waals surface area contributed by atoms with Crippen molar-refractivity contribution in [3.8, 4) is 0 Å². The second-order valence-corrected chi connectivity index (χ2v) is 13.9.